The number of aromatic nitrogens is 1. The highest BCUT2D eigenvalue weighted by Gasteiger charge is 2.20. The first-order valence-electron chi connectivity index (χ1n) is 5.86. The van der Waals surface area contributed by atoms with E-state index >= 15 is 0 Å². The third kappa shape index (κ3) is 3.30. The predicted octanol–water partition coefficient (Wildman–Crippen LogP) is 1.14. The number of aryl methyl sites for hydroxylation is 2. The summed E-state index contributed by atoms with van der Waals surface area (Å²) < 4.78 is 5.04. The molecule has 0 bridgehead atoms. The summed E-state index contributed by atoms with van der Waals surface area (Å²) in [6, 6.07) is 0. The second kappa shape index (κ2) is 5.82. The van der Waals surface area contributed by atoms with Gasteiger partial charge in [0.05, 0.1) is 11.6 Å². The van der Waals surface area contributed by atoms with Crippen LogP contribution in [0, 0.1) is 25.7 Å². The lowest BCUT2D eigenvalue weighted by Crippen LogP contribution is -2.37. The molecular weight excluding hydrogens is 218 g/mol. The zero-order valence-corrected chi connectivity index (χ0v) is 10.9. The Labute approximate surface area is 102 Å². The molecule has 0 aliphatic rings. The van der Waals surface area contributed by atoms with Gasteiger partial charge in [-0.05, 0) is 19.8 Å². The minimum absolute atomic E-state index is 0.0116. The first kappa shape index (κ1) is 13.7. The van der Waals surface area contributed by atoms with Crippen molar-refractivity contribution >= 4 is 5.91 Å². The van der Waals surface area contributed by atoms with Crippen molar-refractivity contribution in [2.75, 3.05) is 6.54 Å². The Morgan fingerprint density at radius 1 is 1.47 bits per heavy atom. The average Bonchev–Trinajstić information content (AvgIpc) is 2.56. The van der Waals surface area contributed by atoms with Gasteiger partial charge in [0.2, 0.25) is 5.91 Å². The van der Waals surface area contributed by atoms with Crippen molar-refractivity contribution in [3.8, 4) is 0 Å². The molecule has 1 heterocycles. The number of carbonyl (C=O) groups is 1. The van der Waals surface area contributed by atoms with Crippen molar-refractivity contribution in [1.82, 2.24) is 10.5 Å². The SMILES string of the molecule is Cc1noc(C)c1CNC(=O)C(CN)C(C)C. The van der Waals surface area contributed by atoms with E-state index in [0.717, 1.165) is 17.0 Å². The van der Waals surface area contributed by atoms with Crippen LogP contribution in [0.2, 0.25) is 0 Å². The fourth-order valence-electron chi connectivity index (χ4n) is 1.74. The highest BCUT2D eigenvalue weighted by Crippen LogP contribution is 2.13. The monoisotopic (exact) mass is 239 g/mol. The maximum Gasteiger partial charge on any atom is 0.224 e. The quantitative estimate of drug-likeness (QED) is 0.807. The lowest BCUT2D eigenvalue weighted by atomic mass is 9.95. The van der Waals surface area contributed by atoms with Gasteiger partial charge in [0.25, 0.3) is 0 Å². The molecule has 0 aromatic carbocycles. The molecule has 17 heavy (non-hydrogen) atoms. The molecule has 0 spiro atoms. The fraction of sp³-hybridized carbons (Fsp3) is 0.667. The molecule has 0 fully saturated rings. The minimum Gasteiger partial charge on any atom is -0.361 e. The standard InChI is InChI=1S/C12H21N3O2/c1-7(2)10(5-13)12(16)14-6-11-8(3)15-17-9(11)4/h7,10H,5-6,13H2,1-4H3,(H,14,16). The Balaban J connectivity index is 2.59. The van der Waals surface area contributed by atoms with Gasteiger partial charge in [-0.15, -0.1) is 0 Å². The summed E-state index contributed by atoms with van der Waals surface area (Å²) >= 11 is 0. The summed E-state index contributed by atoms with van der Waals surface area (Å²) in [4.78, 5) is 11.9. The molecule has 0 saturated heterocycles. The molecule has 5 heteroatoms. The molecule has 1 amide bonds. The molecule has 0 saturated carbocycles. The van der Waals surface area contributed by atoms with E-state index in [1.165, 1.54) is 0 Å². The van der Waals surface area contributed by atoms with E-state index in [1.807, 2.05) is 27.7 Å². The Morgan fingerprint density at radius 3 is 2.53 bits per heavy atom. The summed E-state index contributed by atoms with van der Waals surface area (Å²) in [6.45, 7) is 8.50. The van der Waals surface area contributed by atoms with Gasteiger partial charge in [0.15, 0.2) is 0 Å². The van der Waals surface area contributed by atoms with Crippen LogP contribution in [0.25, 0.3) is 0 Å². The smallest absolute Gasteiger partial charge is 0.224 e. The van der Waals surface area contributed by atoms with Gasteiger partial charge >= 0.3 is 0 Å². The minimum atomic E-state index is -0.143. The topological polar surface area (TPSA) is 81.2 Å². The van der Waals surface area contributed by atoms with Gasteiger partial charge < -0.3 is 15.6 Å². The number of nitrogens with one attached hydrogen (secondary N) is 1. The molecule has 0 aliphatic carbocycles. The van der Waals surface area contributed by atoms with Crippen molar-refractivity contribution in [3.63, 3.8) is 0 Å². The normalized spacial score (nSPS) is 12.8. The molecule has 1 aromatic rings. The van der Waals surface area contributed by atoms with E-state index < -0.39 is 0 Å². The van der Waals surface area contributed by atoms with Crippen molar-refractivity contribution in [3.05, 3.63) is 17.0 Å². The van der Waals surface area contributed by atoms with Gasteiger partial charge in [0, 0.05) is 18.7 Å². The second-order valence-corrected chi connectivity index (χ2v) is 4.61. The fourth-order valence-corrected chi connectivity index (χ4v) is 1.74. The van der Waals surface area contributed by atoms with Crippen LogP contribution in [-0.4, -0.2) is 17.6 Å². The number of carbonyl (C=O) groups excluding carboxylic acids is 1. The summed E-state index contributed by atoms with van der Waals surface area (Å²) in [5.74, 6) is 0.833. The zero-order chi connectivity index (χ0) is 13.0. The Hall–Kier alpha value is -1.36. The third-order valence-electron chi connectivity index (χ3n) is 3.02. The number of nitrogens with two attached hydrogens (primary N) is 1. The Morgan fingerprint density at radius 2 is 2.12 bits per heavy atom. The van der Waals surface area contributed by atoms with Crippen LogP contribution in [0.15, 0.2) is 4.52 Å². The molecule has 3 N–H and O–H groups in total. The second-order valence-electron chi connectivity index (χ2n) is 4.61. The van der Waals surface area contributed by atoms with Crippen LogP contribution >= 0.6 is 0 Å². The van der Waals surface area contributed by atoms with E-state index in [0.29, 0.717) is 13.1 Å². The number of hydrogen-bond donors (Lipinski definition) is 2. The Kier molecular flexibility index (Phi) is 4.69. The van der Waals surface area contributed by atoms with Crippen LogP contribution in [0.3, 0.4) is 0 Å². The molecule has 96 valence electrons. The first-order valence-corrected chi connectivity index (χ1v) is 5.86. The van der Waals surface area contributed by atoms with Gasteiger partial charge in [-0.25, -0.2) is 0 Å². The number of nitrogens with zero attached hydrogens (tertiary/aromatic N) is 1. The zero-order valence-electron chi connectivity index (χ0n) is 10.9. The van der Waals surface area contributed by atoms with Crippen LogP contribution in [0.5, 0.6) is 0 Å². The van der Waals surface area contributed by atoms with Crippen LogP contribution in [-0.2, 0) is 11.3 Å². The van der Waals surface area contributed by atoms with Crippen molar-refractivity contribution in [2.45, 2.75) is 34.2 Å². The molecule has 1 atom stereocenters. The number of amides is 1. The average molecular weight is 239 g/mol. The lowest BCUT2D eigenvalue weighted by Gasteiger charge is -2.18. The summed E-state index contributed by atoms with van der Waals surface area (Å²) in [7, 11) is 0. The summed E-state index contributed by atoms with van der Waals surface area (Å²) in [5, 5.41) is 6.72. The van der Waals surface area contributed by atoms with Crippen molar-refractivity contribution in [2.24, 2.45) is 17.6 Å². The largest absolute Gasteiger partial charge is 0.361 e. The molecule has 0 aliphatic heterocycles. The van der Waals surface area contributed by atoms with E-state index in [-0.39, 0.29) is 17.7 Å². The van der Waals surface area contributed by atoms with Gasteiger partial charge in [-0.3, -0.25) is 4.79 Å². The molecule has 1 unspecified atom stereocenters. The first-order chi connectivity index (χ1) is 7.97. The third-order valence-corrected chi connectivity index (χ3v) is 3.02. The van der Waals surface area contributed by atoms with Crippen LogP contribution in [0.4, 0.5) is 0 Å². The highest BCUT2D eigenvalue weighted by atomic mass is 16.5. The number of rotatable bonds is 5. The van der Waals surface area contributed by atoms with Crippen molar-refractivity contribution in [1.29, 1.82) is 0 Å². The maximum absolute atomic E-state index is 11.9. The van der Waals surface area contributed by atoms with Gasteiger partial charge in [-0.1, -0.05) is 19.0 Å². The Bertz CT molecular complexity index is 366. The highest BCUT2D eigenvalue weighted by molar-refractivity contribution is 5.79. The van der Waals surface area contributed by atoms with Crippen LogP contribution in [0.1, 0.15) is 30.9 Å². The van der Waals surface area contributed by atoms with Crippen molar-refractivity contribution < 1.29 is 9.32 Å². The molecule has 0 radical (unpaired) electrons. The van der Waals surface area contributed by atoms with Gasteiger partial charge in [0.1, 0.15) is 5.76 Å². The number of hydrogen-bond acceptors (Lipinski definition) is 4. The van der Waals surface area contributed by atoms with E-state index in [1.54, 1.807) is 0 Å². The molecule has 1 rings (SSSR count). The molecule has 1 aromatic heterocycles. The molecular formula is C12H21N3O2. The summed E-state index contributed by atoms with van der Waals surface area (Å²) in [6.07, 6.45) is 0. The summed E-state index contributed by atoms with van der Waals surface area (Å²) in [5.41, 5.74) is 7.35. The van der Waals surface area contributed by atoms with E-state index in [2.05, 4.69) is 10.5 Å². The maximum atomic E-state index is 11.9. The molecule has 5 nitrogen and oxygen atoms in total. The van der Waals surface area contributed by atoms with E-state index in [9.17, 15) is 4.79 Å². The van der Waals surface area contributed by atoms with Crippen LogP contribution < -0.4 is 11.1 Å². The predicted molar refractivity (Wildman–Crippen MR) is 65.2 cm³/mol. The lowest BCUT2D eigenvalue weighted by molar-refractivity contribution is -0.126. The van der Waals surface area contributed by atoms with Gasteiger partial charge in [-0.2, -0.15) is 0 Å². The van der Waals surface area contributed by atoms with E-state index in [4.69, 9.17) is 10.3 Å².